The zero-order valence-electron chi connectivity index (χ0n) is 24.6. The molecule has 2 aliphatic heterocycles. The van der Waals surface area contributed by atoms with Gasteiger partial charge in [0, 0.05) is 63.8 Å². The van der Waals surface area contributed by atoms with Crippen molar-refractivity contribution < 1.29 is 4.79 Å². The molecule has 1 atom stereocenters. The van der Waals surface area contributed by atoms with Crippen LogP contribution in [0.15, 0.2) is 59.6 Å². The number of nitrogens with one attached hydrogen (secondary N) is 1. The molecule has 212 valence electrons. The molecule has 2 amide bonds. The van der Waals surface area contributed by atoms with Crippen LogP contribution in [0.4, 0.5) is 4.79 Å². The van der Waals surface area contributed by atoms with Gasteiger partial charge in [-0.05, 0) is 56.7 Å². The lowest BCUT2D eigenvalue weighted by atomic mass is 9.95. The molecule has 4 rings (SSSR count). The Hall–Kier alpha value is -3.59. The molecule has 0 aliphatic carbocycles. The van der Waals surface area contributed by atoms with E-state index in [1.54, 1.807) is 4.68 Å². The van der Waals surface area contributed by atoms with Crippen LogP contribution in [-0.2, 0) is 20.0 Å². The third kappa shape index (κ3) is 8.45. The molecule has 39 heavy (non-hydrogen) atoms. The highest BCUT2D eigenvalue weighted by Crippen LogP contribution is 2.23. The van der Waals surface area contributed by atoms with Gasteiger partial charge in [-0.15, -0.1) is 0 Å². The molecule has 1 fully saturated rings. The second-order valence-electron chi connectivity index (χ2n) is 10.5. The van der Waals surface area contributed by atoms with Crippen molar-refractivity contribution in [1.82, 2.24) is 29.8 Å². The van der Waals surface area contributed by atoms with E-state index in [-0.39, 0.29) is 17.9 Å². The second kappa shape index (κ2) is 14.0. The summed E-state index contributed by atoms with van der Waals surface area (Å²) in [4.78, 5) is 24.1. The van der Waals surface area contributed by atoms with Gasteiger partial charge in [-0.1, -0.05) is 39.0 Å². The predicted octanol–water partition coefficient (Wildman–Crippen LogP) is 4.04. The van der Waals surface area contributed by atoms with Gasteiger partial charge in [0.2, 0.25) is 0 Å². The Morgan fingerprint density at radius 3 is 2.44 bits per heavy atom. The van der Waals surface area contributed by atoms with Gasteiger partial charge in [-0.3, -0.25) is 4.68 Å². The fourth-order valence-corrected chi connectivity index (χ4v) is 4.69. The summed E-state index contributed by atoms with van der Waals surface area (Å²) in [7, 11) is 4.02. The molecule has 9 nitrogen and oxygen atoms in total. The zero-order chi connectivity index (χ0) is 28.5. The Morgan fingerprint density at radius 1 is 1.13 bits per heavy atom. The fraction of sp³-hybridized carbons (Fsp3) is 0.500. The topological polar surface area (TPSA) is 95.0 Å². The summed E-state index contributed by atoms with van der Waals surface area (Å²) < 4.78 is 1.74. The average molecular weight is 535 g/mol. The molecule has 0 spiro atoms. The zero-order valence-corrected chi connectivity index (χ0v) is 24.6. The first-order valence-corrected chi connectivity index (χ1v) is 13.9. The van der Waals surface area contributed by atoms with E-state index in [1.807, 2.05) is 31.1 Å². The van der Waals surface area contributed by atoms with E-state index in [0.717, 1.165) is 60.8 Å². The Balaban J connectivity index is 0.00000134. The van der Waals surface area contributed by atoms with Gasteiger partial charge in [0.15, 0.2) is 0 Å². The number of benzene rings is 1. The van der Waals surface area contributed by atoms with Crippen molar-refractivity contribution in [1.29, 1.82) is 0 Å². The van der Waals surface area contributed by atoms with Gasteiger partial charge in [-0.2, -0.15) is 5.10 Å². The number of aromatic nitrogens is 2. The smallest absolute Gasteiger partial charge is 0.318 e. The van der Waals surface area contributed by atoms with Crippen molar-refractivity contribution in [2.75, 3.05) is 39.8 Å². The number of fused-ring (bicyclic) bond motifs is 1. The number of nitrogens with zero attached hydrogens (tertiary/aromatic N) is 6. The molecule has 1 unspecified atom stereocenters. The van der Waals surface area contributed by atoms with Crippen LogP contribution >= 0.6 is 0 Å². The largest absolute Gasteiger partial charge is 0.384 e. The van der Waals surface area contributed by atoms with Crippen molar-refractivity contribution in [3.8, 4) is 0 Å². The molecule has 0 bridgehead atoms. The number of allylic oxidation sites excluding steroid dienone is 2. The van der Waals surface area contributed by atoms with Crippen LogP contribution in [0.1, 0.15) is 62.5 Å². The highest BCUT2D eigenvalue weighted by molar-refractivity contribution is 6.09. The van der Waals surface area contributed by atoms with Gasteiger partial charge >= 0.3 is 6.03 Å². The van der Waals surface area contributed by atoms with Crippen LogP contribution in [0.25, 0.3) is 0 Å². The summed E-state index contributed by atoms with van der Waals surface area (Å²) in [6, 6.07) is 8.04. The summed E-state index contributed by atoms with van der Waals surface area (Å²) in [5.74, 6) is 0.273. The summed E-state index contributed by atoms with van der Waals surface area (Å²) in [6.45, 7) is 17.4. The van der Waals surface area contributed by atoms with E-state index in [9.17, 15) is 4.79 Å². The normalized spacial score (nSPS) is 17.2. The lowest BCUT2D eigenvalue weighted by Crippen LogP contribution is -2.43. The molecule has 1 saturated heterocycles. The number of nitrogens with two attached hydrogens (primary N) is 1. The summed E-state index contributed by atoms with van der Waals surface area (Å²) in [5.41, 5.74) is 12.0. The van der Waals surface area contributed by atoms with E-state index in [4.69, 9.17) is 5.73 Å². The lowest BCUT2D eigenvalue weighted by Gasteiger charge is -2.34. The van der Waals surface area contributed by atoms with E-state index in [0.29, 0.717) is 13.1 Å². The van der Waals surface area contributed by atoms with Gasteiger partial charge in [-0.25, -0.2) is 9.79 Å². The van der Waals surface area contributed by atoms with Crippen LogP contribution in [0, 0.1) is 0 Å². The van der Waals surface area contributed by atoms with E-state index in [2.05, 4.69) is 83.9 Å². The summed E-state index contributed by atoms with van der Waals surface area (Å²) >= 11 is 0. The van der Waals surface area contributed by atoms with Crippen molar-refractivity contribution in [2.45, 2.75) is 53.1 Å². The number of piperazine rings is 1. The molecule has 3 N–H and O–H groups in total. The van der Waals surface area contributed by atoms with Crippen molar-refractivity contribution in [2.24, 2.45) is 17.8 Å². The molecule has 3 heterocycles. The number of aryl methyl sites for hydroxylation is 1. The molecular formula is C30H46N8O. The summed E-state index contributed by atoms with van der Waals surface area (Å²) in [6.07, 6.45) is 6.03. The maximum Gasteiger partial charge on any atom is 0.318 e. The quantitative estimate of drug-likeness (QED) is 0.546. The first kappa shape index (κ1) is 30.0. The van der Waals surface area contributed by atoms with E-state index >= 15 is 0 Å². The number of rotatable bonds is 6. The first-order valence-electron chi connectivity index (χ1n) is 13.9. The number of hydrogen-bond donors (Lipinski definition) is 2. The molecule has 1 aromatic heterocycles. The van der Waals surface area contributed by atoms with Crippen LogP contribution in [0.3, 0.4) is 0 Å². The molecular weight excluding hydrogens is 488 g/mol. The van der Waals surface area contributed by atoms with Gasteiger partial charge in [0.05, 0.1) is 17.4 Å². The monoisotopic (exact) mass is 534 g/mol. The maximum absolute atomic E-state index is 13.0. The number of aliphatic imine (C=N–C) groups is 1. The minimum Gasteiger partial charge on any atom is -0.384 e. The Kier molecular flexibility index (Phi) is 10.7. The molecule has 2 aromatic rings. The third-order valence-electron chi connectivity index (χ3n) is 6.93. The van der Waals surface area contributed by atoms with Crippen LogP contribution in [0.5, 0.6) is 0 Å². The highest BCUT2D eigenvalue weighted by Gasteiger charge is 2.23. The lowest BCUT2D eigenvalue weighted by molar-refractivity contribution is 0.187. The SMILES string of the molecule is C=C(N)/N=C(\C=C(/C)N1CCN(C)CC1)c1ccc2c(c1)CN(C(=O)NC(C)c1ccn(C)n1)CC2.CCC. The minimum atomic E-state index is -0.163. The molecule has 2 aliphatic rings. The van der Waals surface area contributed by atoms with Gasteiger partial charge in [0.25, 0.3) is 0 Å². The van der Waals surface area contributed by atoms with Crippen molar-refractivity contribution in [3.63, 3.8) is 0 Å². The Labute approximate surface area is 234 Å². The average Bonchev–Trinajstić information content (AvgIpc) is 3.34. The Morgan fingerprint density at radius 2 is 1.82 bits per heavy atom. The Bertz CT molecular complexity index is 1190. The standard InChI is InChI=1S/C27H38N8O.C3H8/c1-19(34-14-12-32(4)13-15-34)16-26(30-21(3)28)23-7-6-22-8-11-35(18-24(22)17-23)27(36)29-20(2)25-9-10-33(5)31-25;1-3-2/h6-7,9-10,16-17,20H,3,8,11-15,18,28H2,1-2,4-5H3,(H,29,36);3H2,1-2H3/b19-16+,30-26+;. The third-order valence-corrected chi connectivity index (χ3v) is 6.93. The number of likely N-dealkylation sites (N-methyl/N-ethyl adjacent to an activating group) is 1. The van der Waals surface area contributed by atoms with Crippen LogP contribution in [0.2, 0.25) is 0 Å². The molecule has 9 heteroatoms. The minimum absolute atomic E-state index is 0.0840. The van der Waals surface area contributed by atoms with Crippen molar-refractivity contribution >= 4 is 11.7 Å². The highest BCUT2D eigenvalue weighted by atomic mass is 16.2. The molecule has 1 aromatic carbocycles. The molecule has 0 radical (unpaired) electrons. The first-order chi connectivity index (χ1) is 18.6. The number of urea groups is 1. The maximum atomic E-state index is 13.0. The second-order valence-corrected chi connectivity index (χ2v) is 10.5. The summed E-state index contributed by atoms with van der Waals surface area (Å²) in [5, 5.41) is 7.48. The van der Waals surface area contributed by atoms with E-state index < -0.39 is 0 Å². The number of carbonyl (C=O) groups excluding carboxylic acids is 1. The number of amides is 2. The number of carbonyl (C=O) groups is 1. The fourth-order valence-electron chi connectivity index (χ4n) is 4.69. The predicted molar refractivity (Wildman–Crippen MR) is 159 cm³/mol. The van der Waals surface area contributed by atoms with Crippen LogP contribution in [-0.4, -0.2) is 76.0 Å². The molecule has 0 saturated carbocycles. The van der Waals surface area contributed by atoms with Crippen LogP contribution < -0.4 is 11.1 Å². The van der Waals surface area contributed by atoms with Gasteiger partial charge < -0.3 is 25.8 Å². The number of hydrogen-bond acceptors (Lipinski definition) is 6. The van der Waals surface area contributed by atoms with Gasteiger partial charge in [0.1, 0.15) is 5.82 Å². The van der Waals surface area contributed by atoms with E-state index in [1.165, 1.54) is 12.0 Å². The van der Waals surface area contributed by atoms with Crippen molar-refractivity contribution in [3.05, 3.63) is 77.0 Å².